The Morgan fingerprint density at radius 2 is 2.25 bits per heavy atom. The van der Waals surface area contributed by atoms with Gasteiger partial charge in [0.2, 0.25) is 0 Å². The summed E-state index contributed by atoms with van der Waals surface area (Å²) in [5.41, 5.74) is 6.23. The van der Waals surface area contributed by atoms with E-state index in [9.17, 15) is 9.50 Å². The van der Waals surface area contributed by atoms with Crippen LogP contribution in [0.1, 0.15) is 24.8 Å². The van der Waals surface area contributed by atoms with E-state index in [2.05, 4.69) is 15.9 Å². The number of hydrogen-bond donors (Lipinski definition) is 2. The van der Waals surface area contributed by atoms with Crippen molar-refractivity contribution in [3.8, 4) is 11.5 Å². The standard InChI is InChI=1S/C11H15BrFNO2/c1-6(3-4-14)9-7(12)5-8(13)10(15)11(9)16-2/h5-6,15H,3-4,14H2,1-2H3. The highest BCUT2D eigenvalue weighted by molar-refractivity contribution is 9.10. The van der Waals surface area contributed by atoms with E-state index in [4.69, 9.17) is 10.5 Å². The molecule has 3 N–H and O–H groups in total. The Labute approximate surface area is 103 Å². The Morgan fingerprint density at radius 1 is 1.62 bits per heavy atom. The quantitative estimate of drug-likeness (QED) is 0.897. The van der Waals surface area contributed by atoms with Crippen LogP contribution in [-0.2, 0) is 0 Å². The smallest absolute Gasteiger partial charge is 0.194 e. The van der Waals surface area contributed by atoms with Crippen LogP contribution in [0.2, 0.25) is 0 Å². The van der Waals surface area contributed by atoms with Crippen molar-refractivity contribution in [1.82, 2.24) is 0 Å². The maximum atomic E-state index is 13.3. The zero-order valence-corrected chi connectivity index (χ0v) is 10.8. The number of phenols is 1. The highest BCUT2D eigenvalue weighted by Crippen LogP contribution is 2.42. The molecule has 0 saturated carbocycles. The number of halogens is 2. The van der Waals surface area contributed by atoms with Gasteiger partial charge >= 0.3 is 0 Å². The van der Waals surface area contributed by atoms with Gasteiger partial charge in [0, 0.05) is 10.0 Å². The predicted octanol–water partition coefficient (Wildman–Crippen LogP) is 2.75. The average Bonchev–Trinajstić information content (AvgIpc) is 2.23. The van der Waals surface area contributed by atoms with Crippen molar-refractivity contribution in [3.05, 3.63) is 21.9 Å². The van der Waals surface area contributed by atoms with Crippen LogP contribution in [0.4, 0.5) is 4.39 Å². The zero-order valence-electron chi connectivity index (χ0n) is 9.26. The fraction of sp³-hybridized carbons (Fsp3) is 0.455. The van der Waals surface area contributed by atoms with Crippen LogP contribution in [0, 0.1) is 5.82 Å². The van der Waals surface area contributed by atoms with Crippen molar-refractivity contribution in [1.29, 1.82) is 0 Å². The Morgan fingerprint density at radius 3 is 2.75 bits per heavy atom. The van der Waals surface area contributed by atoms with Gasteiger partial charge in [0.1, 0.15) is 0 Å². The zero-order chi connectivity index (χ0) is 12.3. The third-order valence-corrected chi connectivity index (χ3v) is 3.15. The first-order chi connectivity index (χ1) is 7.52. The first-order valence-corrected chi connectivity index (χ1v) is 5.77. The molecule has 16 heavy (non-hydrogen) atoms. The van der Waals surface area contributed by atoms with E-state index in [1.165, 1.54) is 13.2 Å². The molecule has 0 aliphatic carbocycles. The maximum Gasteiger partial charge on any atom is 0.194 e. The third kappa shape index (κ3) is 2.47. The molecule has 0 radical (unpaired) electrons. The molecule has 1 atom stereocenters. The second-order valence-corrected chi connectivity index (χ2v) is 4.47. The largest absolute Gasteiger partial charge is 0.502 e. The lowest BCUT2D eigenvalue weighted by atomic mass is 9.96. The number of rotatable bonds is 4. The molecular formula is C11H15BrFNO2. The second kappa shape index (κ2) is 5.50. The van der Waals surface area contributed by atoms with E-state index in [1.807, 2.05) is 6.92 Å². The first-order valence-electron chi connectivity index (χ1n) is 4.97. The monoisotopic (exact) mass is 291 g/mol. The van der Waals surface area contributed by atoms with Gasteiger partial charge in [-0.3, -0.25) is 0 Å². The SMILES string of the molecule is COc1c(O)c(F)cc(Br)c1C(C)CCN. The number of benzene rings is 1. The van der Waals surface area contributed by atoms with E-state index >= 15 is 0 Å². The van der Waals surface area contributed by atoms with Gasteiger partial charge in [-0.15, -0.1) is 0 Å². The molecule has 1 aromatic carbocycles. The Balaban J connectivity index is 3.30. The minimum Gasteiger partial charge on any atom is -0.502 e. The minimum atomic E-state index is -0.701. The number of nitrogens with two attached hydrogens (primary N) is 1. The van der Waals surface area contributed by atoms with Gasteiger partial charge in [-0.1, -0.05) is 22.9 Å². The summed E-state index contributed by atoms with van der Waals surface area (Å²) in [5.74, 6) is -0.898. The Hall–Kier alpha value is -0.810. The molecule has 0 saturated heterocycles. The van der Waals surface area contributed by atoms with Crippen molar-refractivity contribution in [2.24, 2.45) is 5.73 Å². The van der Waals surface area contributed by atoms with E-state index in [0.29, 0.717) is 11.0 Å². The third-order valence-electron chi connectivity index (χ3n) is 2.49. The normalized spacial score (nSPS) is 12.6. The van der Waals surface area contributed by atoms with Crippen LogP contribution in [-0.4, -0.2) is 18.8 Å². The lowest BCUT2D eigenvalue weighted by Gasteiger charge is -2.18. The fourth-order valence-electron chi connectivity index (χ4n) is 1.66. The van der Waals surface area contributed by atoms with Gasteiger partial charge in [0.05, 0.1) is 7.11 Å². The molecule has 0 bridgehead atoms. The highest BCUT2D eigenvalue weighted by atomic mass is 79.9. The molecule has 0 aromatic heterocycles. The molecule has 1 aromatic rings. The highest BCUT2D eigenvalue weighted by Gasteiger charge is 2.21. The summed E-state index contributed by atoms with van der Waals surface area (Å²) < 4.78 is 18.9. The molecule has 0 spiro atoms. The molecule has 0 aliphatic rings. The number of hydrogen-bond acceptors (Lipinski definition) is 3. The Bertz CT molecular complexity index is 385. The molecule has 0 fully saturated rings. The molecular weight excluding hydrogens is 277 g/mol. The van der Waals surface area contributed by atoms with Crippen molar-refractivity contribution in [3.63, 3.8) is 0 Å². The summed E-state index contributed by atoms with van der Waals surface area (Å²) in [4.78, 5) is 0. The molecule has 3 nitrogen and oxygen atoms in total. The molecule has 0 amide bonds. The molecule has 1 rings (SSSR count). The van der Waals surface area contributed by atoms with Crippen LogP contribution < -0.4 is 10.5 Å². The first kappa shape index (κ1) is 13.3. The van der Waals surface area contributed by atoms with Gasteiger partial charge in [-0.25, -0.2) is 4.39 Å². The van der Waals surface area contributed by atoms with Crippen LogP contribution in [0.25, 0.3) is 0 Å². The average molecular weight is 292 g/mol. The maximum absolute atomic E-state index is 13.3. The lowest BCUT2D eigenvalue weighted by Crippen LogP contribution is -2.07. The summed E-state index contributed by atoms with van der Waals surface area (Å²) in [7, 11) is 1.40. The van der Waals surface area contributed by atoms with Crippen molar-refractivity contribution >= 4 is 15.9 Å². The van der Waals surface area contributed by atoms with E-state index in [1.54, 1.807) is 0 Å². The van der Waals surface area contributed by atoms with Crippen LogP contribution in [0.15, 0.2) is 10.5 Å². The summed E-state index contributed by atoms with van der Waals surface area (Å²) in [5, 5.41) is 9.57. The van der Waals surface area contributed by atoms with Gasteiger partial charge < -0.3 is 15.6 Å². The molecule has 90 valence electrons. The van der Waals surface area contributed by atoms with Crippen molar-refractivity contribution in [2.75, 3.05) is 13.7 Å². The van der Waals surface area contributed by atoms with Gasteiger partial charge in [0.15, 0.2) is 17.3 Å². The van der Waals surface area contributed by atoms with Crippen molar-refractivity contribution in [2.45, 2.75) is 19.3 Å². The van der Waals surface area contributed by atoms with Gasteiger partial charge in [-0.05, 0) is 24.9 Å². The number of aromatic hydroxyl groups is 1. The summed E-state index contributed by atoms with van der Waals surface area (Å²) in [6.07, 6.45) is 0.736. The Kier molecular flexibility index (Phi) is 4.56. The van der Waals surface area contributed by atoms with E-state index < -0.39 is 11.6 Å². The predicted molar refractivity (Wildman–Crippen MR) is 64.4 cm³/mol. The van der Waals surface area contributed by atoms with E-state index in [-0.39, 0.29) is 11.7 Å². The van der Waals surface area contributed by atoms with Crippen LogP contribution in [0.5, 0.6) is 11.5 Å². The summed E-state index contributed by atoms with van der Waals surface area (Å²) >= 11 is 3.27. The number of phenolic OH excluding ortho intramolecular Hbond substituents is 1. The van der Waals surface area contributed by atoms with E-state index in [0.717, 1.165) is 12.0 Å². The summed E-state index contributed by atoms with van der Waals surface area (Å²) in [6.45, 7) is 2.47. The van der Waals surface area contributed by atoms with Crippen LogP contribution in [0.3, 0.4) is 0 Å². The molecule has 0 heterocycles. The lowest BCUT2D eigenvalue weighted by molar-refractivity contribution is 0.350. The molecule has 5 heteroatoms. The second-order valence-electron chi connectivity index (χ2n) is 3.61. The minimum absolute atomic E-state index is 0.0841. The summed E-state index contributed by atoms with van der Waals surface area (Å²) in [6, 6.07) is 1.24. The topological polar surface area (TPSA) is 55.5 Å². The van der Waals surface area contributed by atoms with Gasteiger partial charge in [0.25, 0.3) is 0 Å². The fourth-order valence-corrected chi connectivity index (χ4v) is 2.43. The molecule has 0 aliphatic heterocycles. The van der Waals surface area contributed by atoms with Crippen LogP contribution >= 0.6 is 15.9 Å². The van der Waals surface area contributed by atoms with Crippen molar-refractivity contribution < 1.29 is 14.2 Å². The number of methoxy groups -OCH3 is 1. The molecule has 1 unspecified atom stereocenters. The number of ether oxygens (including phenoxy) is 1. The van der Waals surface area contributed by atoms with Gasteiger partial charge in [-0.2, -0.15) is 0 Å².